The maximum atomic E-state index is 13.1. The zero-order valence-corrected chi connectivity index (χ0v) is 17.8. The van der Waals surface area contributed by atoms with Crippen molar-refractivity contribution in [2.24, 2.45) is 0 Å². The van der Waals surface area contributed by atoms with E-state index in [9.17, 15) is 9.18 Å². The first-order chi connectivity index (χ1) is 14.6. The van der Waals surface area contributed by atoms with E-state index in [1.165, 1.54) is 31.4 Å². The number of rotatable bonds is 9. The van der Waals surface area contributed by atoms with Crippen LogP contribution in [0.2, 0.25) is 0 Å². The van der Waals surface area contributed by atoms with Gasteiger partial charge in [-0.25, -0.2) is 4.39 Å². The molecule has 1 aliphatic heterocycles. The van der Waals surface area contributed by atoms with Gasteiger partial charge in [0.25, 0.3) is 5.91 Å². The third-order valence-electron chi connectivity index (χ3n) is 5.56. The summed E-state index contributed by atoms with van der Waals surface area (Å²) in [5.74, 6) is 0.820. The summed E-state index contributed by atoms with van der Waals surface area (Å²) >= 11 is 0. The number of carbonyl (C=O) groups is 1. The summed E-state index contributed by atoms with van der Waals surface area (Å²) in [4.78, 5) is 15.3. The molecule has 3 rings (SSSR count). The van der Waals surface area contributed by atoms with E-state index < -0.39 is 6.10 Å². The number of ether oxygens (including phenoxy) is 2. The molecule has 2 aromatic rings. The molecule has 1 saturated heterocycles. The van der Waals surface area contributed by atoms with Gasteiger partial charge in [-0.2, -0.15) is 0 Å². The number of hydrogen-bond acceptors (Lipinski definition) is 4. The lowest BCUT2D eigenvalue weighted by Gasteiger charge is -2.35. The number of halogens is 1. The minimum Gasteiger partial charge on any atom is -0.497 e. The molecular weight excluding hydrogens is 383 g/mol. The first-order valence-electron chi connectivity index (χ1n) is 10.7. The lowest BCUT2D eigenvalue weighted by molar-refractivity contribution is -0.128. The molecular formula is C24H31FN2O3. The Hall–Kier alpha value is -2.60. The smallest absolute Gasteiger partial charge is 0.261 e. The fourth-order valence-electron chi connectivity index (χ4n) is 3.82. The maximum Gasteiger partial charge on any atom is 0.261 e. The van der Waals surface area contributed by atoms with Crippen LogP contribution in [0.3, 0.4) is 0 Å². The Kier molecular flexibility index (Phi) is 8.08. The Bertz CT molecular complexity index is 789. The van der Waals surface area contributed by atoms with E-state index in [1.54, 1.807) is 19.2 Å². The topological polar surface area (TPSA) is 50.8 Å². The molecule has 2 atom stereocenters. The number of methoxy groups -OCH3 is 1. The predicted molar refractivity (Wildman–Crippen MR) is 115 cm³/mol. The summed E-state index contributed by atoms with van der Waals surface area (Å²) in [5.41, 5.74) is 1.16. The van der Waals surface area contributed by atoms with Gasteiger partial charge >= 0.3 is 0 Å². The Morgan fingerprint density at radius 3 is 2.27 bits per heavy atom. The molecule has 0 spiro atoms. The van der Waals surface area contributed by atoms with Gasteiger partial charge in [0.2, 0.25) is 0 Å². The quantitative estimate of drug-likeness (QED) is 0.663. The second-order valence-electron chi connectivity index (χ2n) is 7.60. The minimum atomic E-state index is -0.617. The van der Waals surface area contributed by atoms with Gasteiger partial charge in [0.1, 0.15) is 17.3 Å². The number of piperidine rings is 1. The van der Waals surface area contributed by atoms with Gasteiger partial charge in [0, 0.05) is 6.54 Å². The van der Waals surface area contributed by atoms with Crippen LogP contribution in [-0.2, 0) is 4.79 Å². The molecule has 162 valence electrons. The molecule has 6 heteroatoms. The number of nitrogens with one attached hydrogen (secondary N) is 1. The molecule has 5 nitrogen and oxygen atoms in total. The molecule has 1 heterocycles. The Morgan fingerprint density at radius 2 is 1.67 bits per heavy atom. The summed E-state index contributed by atoms with van der Waals surface area (Å²) in [6.07, 6.45) is 3.51. The van der Waals surface area contributed by atoms with Crippen molar-refractivity contribution in [3.8, 4) is 11.5 Å². The summed E-state index contributed by atoms with van der Waals surface area (Å²) < 4.78 is 24.2. The fourth-order valence-corrected chi connectivity index (χ4v) is 3.82. The van der Waals surface area contributed by atoms with Crippen molar-refractivity contribution in [2.45, 2.75) is 44.8 Å². The van der Waals surface area contributed by atoms with Crippen LogP contribution in [0.4, 0.5) is 4.39 Å². The average Bonchev–Trinajstić information content (AvgIpc) is 2.79. The van der Waals surface area contributed by atoms with Crippen molar-refractivity contribution in [3.63, 3.8) is 0 Å². The van der Waals surface area contributed by atoms with Crippen LogP contribution in [0.1, 0.15) is 44.2 Å². The molecule has 1 N–H and O–H groups in total. The normalized spacial score (nSPS) is 16.5. The van der Waals surface area contributed by atoms with E-state index >= 15 is 0 Å². The Balaban J connectivity index is 1.66. The average molecular weight is 415 g/mol. The molecule has 1 fully saturated rings. The zero-order chi connectivity index (χ0) is 21.3. The highest BCUT2D eigenvalue weighted by Gasteiger charge is 2.25. The molecule has 0 bridgehead atoms. The van der Waals surface area contributed by atoms with Gasteiger partial charge < -0.3 is 14.8 Å². The second-order valence-corrected chi connectivity index (χ2v) is 7.60. The fraction of sp³-hybridized carbons (Fsp3) is 0.458. The lowest BCUT2D eigenvalue weighted by Crippen LogP contribution is -2.44. The largest absolute Gasteiger partial charge is 0.497 e. The highest BCUT2D eigenvalue weighted by Crippen LogP contribution is 2.26. The monoisotopic (exact) mass is 414 g/mol. The Labute approximate surface area is 178 Å². The van der Waals surface area contributed by atoms with Crippen molar-refractivity contribution in [1.29, 1.82) is 0 Å². The molecule has 2 unspecified atom stereocenters. The van der Waals surface area contributed by atoms with Crippen LogP contribution in [-0.4, -0.2) is 43.7 Å². The van der Waals surface area contributed by atoms with E-state index in [0.29, 0.717) is 18.7 Å². The van der Waals surface area contributed by atoms with E-state index in [4.69, 9.17) is 9.47 Å². The highest BCUT2D eigenvalue weighted by molar-refractivity contribution is 5.81. The standard InChI is InChI=1S/C24H31FN2O3/c1-3-23(30-21-13-9-19(25)10-14-21)24(28)26-17-22(27-15-5-4-6-16-27)18-7-11-20(29-2)12-8-18/h7-14,22-23H,3-6,15-17H2,1-2H3,(H,26,28). The molecule has 30 heavy (non-hydrogen) atoms. The van der Waals surface area contributed by atoms with Gasteiger partial charge in [0.15, 0.2) is 6.10 Å². The van der Waals surface area contributed by atoms with Gasteiger partial charge in [-0.05, 0) is 74.3 Å². The van der Waals surface area contributed by atoms with Crippen LogP contribution in [0.25, 0.3) is 0 Å². The van der Waals surface area contributed by atoms with Crippen molar-refractivity contribution < 1.29 is 18.7 Å². The number of amides is 1. The second kappa shape index (κ2) is 11.0. The summed E-state index contributed by atoms with van der Waals surface area (Å²) in [5, 5.41) is 3.08. The van der Waals surface area contributed by atoms with Gasteiger partial charge in [-0.1, -0.05) is 25.5 Å². The molecule has 1 aliphatic rings. The van der Waals surface area contributed by atoms with Crippen molar-refractivity contribution >= 4 is 5.91 Å². The number of nitrogens with zero attached hydrogens (tertiary/aromatic N) is 1. The van der Waals surface area contributed by atoms with Crippen LogP contribution in [0, 0.1) is 5.82 Å². The third kappa shape index (κ3) is 5.95. The van der Waals surface area contributed by atoms with Gasteiger partial charge in [-0.15, -0.1) is 0 Å². The summed E-state index contributed by atoms with van der Waals surface area (Å²) in [6, 6.07) is 13.9. The summed E-state index contributed by atoms with van der Waals surface area (Å²) in [6.45, 7) is 4.46. The molecule has 0 aliphatic carbocycles. The van der Waals surface area contributed by atoms with Crippen LogP contribution >= 0.6 is 0 Å². The number of likely N-dealkylation sites (tertiary alicyclic amines) is 1. The number of benzene rings is 2. The lowest BCUT2D eigenvalue weighted by atomic mass is 10.0. The number of hydrogen-bond donors (Lipinski definition) is 1. The van der Waals surface area contributed by atoms with Crippen molar-refractivity contribution in [3.05, 3.63) is 59.9 Å². The molecule has 0 saturated carbocycles. The first kappa shape index (κ1) is 22.1. The molecule has 0 aromatic heterocycles. The predicted octanol–water partition coefficient (Wildman–Crippen LogP) is 4.34. The molecule has 0 radical (unpaired) electrons. The molecule has 1 amide bonds. The van der Waals surface area contributed by atoms with E-state index in [2.05, 4.69) is 22.3 Å². The highest BCUT2D eigenvalue weighted by atomic mass is 19.1. The van der Waals surface area contributed by atoms with Crippen LogP contribution in [0.15, 0.2) is 48.5 Å². The van der Waals surface area contributed by atoms with Gasteiger partial charge in [-0.3, -0.25) is 9.69 Å². The first-order valence-corrected chi connectivity index (χ1v) is 10.7. The van der Waals surface area contributed by atoms with Crippen LogP contribution < -0.4 is 14.8 Å². The van der Waals surface area contributed by atoms with E-state index in [-0.39, 0.29) is 17.8 Å². The van der Waals surface area contributed by atoms with E-state index in [0.717, 1.165) is 24.4 Å². The maximum absolute atomic E-state index is 13.1. The van der Waals surface area contributed by atoms with Crippen LogP contribution in [0.5, 0.6) is 11.5 Å². The third-order valence-corrected chi connectivity index (χ3v) is 5.56. The minimum absolute atomic E-state index is 0.100. The summed E-state index contributed by atoms with van der Waals surface area (Å²) in [7, 11) is 1.66. The Morgan fingerprint density at radius 1 is 1.03 bits per heavy atom. The van der Waals surface area contributed by atoms with Crippen molar-refractivity contribution in [2.75, 3.05) is 26.7 Å². The van der Waals surface area contributed by atoms with E-state index in [1.807, 2.05) is 19.1 Å². The number of carbonyl (C=O) groups excluding carboxylic acids is 1. The zero-order valence-electron chi connectivity index (χ0n) is 17.8. The molecule has 2 aromatic carbocycles. The van der Waals surface area contributed by atoms with Gasteiger partial charge in [0.05, 0.1) is 13.2 Å². The SMILES string of the molecule is CCC(Oc1ccc(F)cc1)C(=O)NCC(c1ccc(OC)cc1)N1CCCCC1. The van der Waals surface area contributed by atoms with Crippen molar-refractivity contribution in [1.82, 2.24) is 10.2 Å².